The lowest BCUT2D eigenvalue weighted by Crippen LogP contribution is -2.21. The summed E-state index contributed by atoms with van der Waals surface area (Å²) < 4.78 is 0. The molecule has 3 rings (SSSR count). The van der Waals surface area contributed by atoms with E-state index in [0.717, 1.165) is 17.8 Å². The molecule has 0 aromatic heterocycles. The second-order valence-electron chi connectivity index (χ2n) is 5.49. The second-order valence-corrected chi connectivity index (χ2v) is 5.49. The van der Waals surface area contributed by atoms with Crippen molar-refractivity contribution in [1.29, 1.82) is 0 Å². The number of hydrogen-bond donors (Lipinski definition) is 0. The van der Waals surface area contributed by atoms with Gasteiger partial charge in [-0.3, -0.25) is 0 Å². The van der Waals surface area contributed by atoms with Crippen LogP contribution in [0.1, 0.15) is 44.1 Å². The first kappa shape index (κ1) is 10.1. The molecule has 0 bridgehead atoms. The van der Waals surface area contributed by atoms with Crippen LogP contribution in [-0.4, -0.2) is 0 Å². The van der Waals surface area contributed by atoms with Crippen LogP contribution in [0.4, 0.5) is 0 Å². The lowest BCUT2D eigenvalue weighted by Gasteiger charge is -2.32. The van der Waals surface area contributed by atoms with Gasteiger partial charge in [-0.2, -0.15) is 0 Å². The topological polar surface area (TPSA) is 0 Å². The molecular formula is C16H20. The molecule has 1 saturated carbocycles. The predicted octanol–water partition coefficient (Wildman–Crippen LogP) is 4.54. The number of hydrogen-bond acceptors (Lipinski definition) is 0. The molecule has 3 atom stereocenters. The largest absolute Gasteiger partial charge is 0.0822 e. The van der Waals surface area contributed by atoms with Gasteiger partial charge in [-0.25, -0.2) is 0 Å². The van der Waals surface area contributed by atoms with Gasteiger partial charge in [0.2, 0.25) is 0 Å². The molecule has 0 nitrogen and oxygen atoms in total. The number of benzene rings is 1. The van der Waals surface area contributed by atoms with Crippen LogP contribution in [0.5, 0.6) is 0 Å². The van der Waals surface area contributed by atoms with E-state index in [9.17, 15) is 0 Å². The van der Waals surface area contributed by atoms with Gasteiger partial charge in [0.15, 0.2) is 0 Å². The average Bonchev–Trinajstić information content (AvgIpc) is 2.77. The third-order valence-corrected chi connectivity index (χ3v) is 4.41. The molecule has 0 radical (unpaired) electrons. The molecule has 0 heterocycles. The van der Waals surface area contributed by atoms with Crippen molar-refractivity contribution in [3.8, 4) is 0 Å². The zero-order valence-corrected chi connectivity index (χ0v) is 10.0. The van der Waals surface area contributed by atoms with Crippen molar-refractivity contribution in [2.75, 3.05) is 0 Å². The molecule has 2 aliphatic carbocycles. The maximum absolute atomic E-state index is 2.55. The van der Waals surface area contributed by atoms with Crippen molar-refractivity contribution in [2.24, 2.45) is 11.8 Å². The monoisotopic (exact) mass is 212 g/mol. The molecule has 84 valence electrons. The third-order valence-electron chi connectivity index (χ3n) is 4.41. The van der Waals surface area contributed by atoms with Crippen LogP contribution in [-0.2, 0) is 0 Å². The van der Waals surface area contributed by atoms with E-state index >= 15 is 0 Å². The zero-order chi connectivity index (χ0) is 11.0. The highest BCUT2D eigenvalue weighted by Gasteiger charge is 2.35. The van der Waals surface area contributed by atoms with Gasteiger partial charge < -0.3 is 0 Å². The van der Waals surface area contributed by atoms with Crippen molar-refractivity contribution in [2.45, 2.75) is 38.5 Å². The zero-order valence-electron chi connectivity index (χ0n) is 10.0. The highest BCUT2D eigenvalue weighted by Crippen LogP contribution is 2.48. The van der Waals surface area contributed by atoms with E-state index < -0.39 is 0 Å². The molecule has 0 amide bonds. The van der Waals surface area contributed by atoms with Crippen LogP contribution >= 0.6 is 0 Å². The van der Waals surface area contributed by atoms with Gasteiger partial charge >= 0.3 is 0 Å². The lowest BCUT2D eigenvalue weighted by atomic mass is 9.72. The van der Waals surface area contributed by atoms with E-state index in [1.54, 1.807) is 11.1 Å². The first-order valence-corrected chi connectivity index (χ1v) is 6.57. The summed E-state index contributed by atoms with van der Waals surface area (Å²) in [7, 11) is 0. The lowest BCUT2D eigenvalue weighted by molar-refractivity contribution is 0.348. The second kappa shape index (κ2) is 4.08. The van der Waals surface area contributed by atoms with E-state index in [2.05, 4.69) is 43.3 Å². The van der Waals surface area contributed by atoms with Gasteiger partial charge in [0.25, 0.3) is 0 Å². The summed E-state index contributed by atoms with van der Waals surface area (Å²) >= 11 is 0. The molecule has 0 aliphatic heterocycles. The fourth-order valence-electron chi connectivity index (χ4n) is 3.72. The Kier molecular flexibility index (Phi) is 2.59. The molecule has 0 saturated heterocycles. The van der Waals surface area contributed by atoms with Gasteiger partial charge in [0.1, 0.15) is 0 Å². The molecular weight excluding hydrogens is 192 g/mol. The van der Waals surface area contributed by atoms with Gasteiger partial charge in [-0.1, -0.05) is 48.4 Å². The first-order chi connectivity index (χ1) is 7.84. The maximum Gasteiger partial charge on any atom is -0.00909 e. The van der Waals surface area contributed by atoms with Gasteiger partial charge in [0, 0.05) is 0 Å². The van der Waals surface area contributed by atoms with E-state index in [-0.39, 0.29) is 0 Å². The summed E-state index contributed by atoms with van der Waals surface area (Å²) in [6, 6.07) is 11.1. The van der Waals surface area contributed by atoms with Gasteiger partial charge in [-0.05, 0) is 49.5 Å². The summed E-state index contributed by atoms with van der Waals surface area (Å²) in [5, 5.41) is 0. The molecule has 16 heavy (non-hydrogen) atoms. The van der Waals surface area contributed by atoms with Crippen LogP contribution < -0.4 is 0 Å². The minimum atomic E-state index is 0.790. The standard InChI is InChI=1S/C16H20/c1-12-10-14-8-5-9-15(14)16(11-12)13-6-3-2-4-7-13/h2-4,6-7,10,14-16H,5,8-9,11H2,1H3/t14-,15+,16-/m1/s1. The molecule has 0 unspecified atom stereocenters. The molecule has 0 N–H and O–H groups in total. The summed E-state index contributed by atoms with van der Waals surface area (Å²) in [4.78, 5) is 0. The number of allylic oxidation sites excluding steroid dienone is 2. The minimum Gasteiger partial charge on any atom is -0.0822 e. The summed E-state index contributed by atoms with van der Waals surface area (Å²) in [6.07, 6.45) is 8.13. The molecule has 0 heteroatoms. The summed E-state index contributed by atoms with van der Waals surface area (Å²) in [6.45, 7) is 2.31. The molecule has 1 aromatic rings. The normalized spacial score (nSPS) is 33.3. The molecule has 2 aliphatic rings. The minimum absolute atomic E-state index is 0.790. The Balaban J connectivity index is 1.93. The van der Waals surface area contributed by atoms with Crippen molar-refractivity contribution < 1.29 is 0 Å². The van der Waals surface area contributed by atoms with E-state index in [1.807, 2.05) is 0 Å². The highest BCUT2D eigenvalue weighted by atomic mass is 14.4. The van der Waals surface area contributed by atoms with Crippen LogP contribution in [0.25, 0.3) is 0 Å². The van der Waals surface area contributed by atoms with Crippen LogP contribution in [0.2, 0.25) is 0 Å². The van der Waals surface area contributed by atoms with Crippen molar-refractivity contribution >= 4 is 0 Å². The van der Waals surface area contributed by atoms with E-state index in [0.29, 0.717) is 0 Å². The number of rotatable bonds is 1. The molecule has 1 aromatic carbocycles. The highest BCUT2D eigenvalue weighted by molar-refractivity contribution is 5.26. The van der Waals surface area contributed by atoms with Crippen molar-refractivity contribution in [3.63, 3.8) is 0 Å². The first-order valence-electron chi connectivity index (χ1n) is 6.57. The predicted molar refractivity (Wildman–Crippen MR) is 68.4 cm³/mol. The average molecular weight is 212 g/mol. The Bertz CT molecular complexity index is 388. The van der Waals surface area contributed by atoms with Crippen molar-refractivity contribution in [3.05, 3.63) is 47.5 Å². The Morgan fingerprint density at radius 2 is 1.88 bits per heavy atom. The van der Waals surface area contributed by atoms with Crippen LogP contribution in [0, 0.1) is 11.8 Å². The SMILES string of the molecule is CC1=C[C@H]2CCC[C@@H]2[C@@H](c2ccccc2)C1. The Morgan fingerprint density at radius 3 is 2.69 bits per heavy atom. The fraction of sp³-hybridized carbons (Fsp3) is 0.500. The quantitative estimate of drug-likeness (QED) is 0.600. The third kappa shape index (κ3) is 1.71. The van der Waals surface area contributed by atoms with E-state index in [4.69, 9.17) is 0 Å². The summed E-state index contributed by atoms with van der Waals surface area (Å²) in [5.41, 5.74) is 3.17. The Morgan fingerprint density at radius 1 is 1.06 bits per heavy atom. The fourth-order valence-corrected chi connectivity index (χ4v) is 3.72. The van der Waals surface area contributed by atoms with Crippen LogP contribution in [0.3, 0.4) is 0 Å². The van der Waals surface area contributed by atoms with Gasteiger partial charge in [0.05, 0.1) is 0 Å². The van der Waals surface area contributed by atoms with Crippen molar-refractivity contribution in [1.82, 2.24) is 0 Å². The Labute approximate surface area is 98.4 Å². The number of fused-ring (bicyclic) bond motifs is 1. The summed E-state index contributed by atoms with van der Waals surface area (Å²) in [5.74, 6) is 2.59. The molecule has 1 fully saturated rings. The smallest absolute Gasteiger partial charge is 0.00909 e. The van der Waals surface area contributed by atoms with E-state index in [1.165, 1.54) is 25.7 Å². The molecule has 0 spiro atoms. The maximum atomic E-state index is 2.55. The Hall–Kier alpha value is -1.04. The van der Waals surface area contributed by atoms with Crippen LogP contribution in [0.15, 0.2) is 42.0 Å². The van der Waals surface area contributed by atoms with Gasteiger partial charge in [-0.15, -0.1) is 0 Å².